The summed E-state index contributed by atoms with van der Waals surface area (Å²) in [6.07, 6.45) is 12.6. The largest absolute Gasteiger partial charge is 0.478 e. The van der Waals surface area contributed by atoms with E-state index in [4.69, 9.17) is 5.11 Å². The van der Waals surface area contributed by atoms with Crippen molar-refractivity contribution in [2.45, 2.75) is 44.1 Å². The number of nitrogens with zero attached hydrogens (tertiary/aromatic N) is 2. The molecule has 0 amide bonds. The van der Waals surface area contributed by atoms with Crippen LogP contribution in [0.5, 0.6) is 0 Å². The third kappa shape index (κ3) is 1.81. The number of rotatable bonds is 3. The Balaban J connectivity index is 1.71. The summed E-state index contributed by atoms with van der Waals surface area (Å²) >= 11 is 0. The lowest BCUT2D eigenvalue weighted by molar-refractivity contribution is -0.131. The standard InChI is InChI=1S/C16H20N2O2/c19-15(20)2-1-14-3-4-17-18(14)16-8-11-5-12(9-16)7-13(6-11)10-16/h1-4,11-13H,5-10H2,(H,19,20)/b2-1+. The summed E-state index contributed by atoms with van der Waals surface area (Å²) in [4.78, 5) is 10.7. The first-order valence-electron chi connectivity index (χ1n) is 7.60. The van der Waals surface area contributed by atoms with Gasteiger partial charge in [-0.2, -0.15) is 5.10 Å². The van der Waals surface area contributed by atoms with E-state index in [1.165, 1.54) is 44.6 Å². The Kier molecular flexibility index (Phi) is 2.56. The smallest absolute Gasteiger partial charge is 0.328 e. The van der Waals surface area contributed by atoms with Gasteiger partial charge in [0.25, 0.3) is 0 Å². The van der Waals surface area contributed by atoms with Gasteiger partial charge in [-0.05, 0) is 68.4 Å². The molecule has 5 rings (SSSR count). The van der Waals surface area contributed by atoms with Gasteiger partial charge in [0.1, 0.15) is 0 Å². The third-order valence-corrected chi connectivity index (χ3v) is 5.52. The number of hydrogen-bond donors (Lipinski definition) is 1. The Bertz CT molecular complexity index is 538. The molecule has 0 aromatic carbocycles. The van der Waals surface area contributed by atoms with E-state index in [2.05, 4.69) is 9.78 Å². The molecule has 20 heavy (non-hydrogen) atoms. The minimum Gasteiger partial charge on any atom is -0.478 e. The lowest BCUT2D eigenvalue weighted by Crippen LogP contribution is -2.52. The van der Waals surface area contributed by atoms with Crippen LogP contribution in [0.15, 0.2) is 18.3 Å². The maximum Gasteiger partial charge on any atom is 0.328 e. The van der Waals surface area contributed by atoms with Crippen molar-refractivity contribution in [3.8, 4) is 0 Å². The van der Waals surface area contributed by atoms with Crippen molar-refractivity contribution in [2.75, 3.05) is 0 Å². The van der Waals surface area contributed by atoms with E-state index in [9.17, 15) is 4.79 Å². The second-order valence-electron chi connectivity index (χ2n) is 6.98. The number of carboxylic acid groups (broad SMARTS) is 1. The molecule has 4 saturated carbocycles. The Morgan fingerprint density at radius 2 is 1.85 bits per heavy atom. The molecule has 0 atom stereocenters. The minimum atomic E-state index is -0.900. The van der Waals surface area contributed by atoms with Gasteiger partial charge in [0.05, 0.1) is 11.2 Å². The lowest BCUT2D eigenvalue weighted by Gasteiger charge is -2.56. The Labute approximate surface area is 118 Å². The van der Waals surface area contributed by atoms with Crippen molar-refractivity contribution in [3.05, 3.63) is 24.0 Å². The molecule has 1 N–H and O–H groups in total. The first-order valence-corrected chi connectivity index (χ1v) is 7.60. The van der Waals surface area contributed by atoms with Gasteiger partial charge in [0.15, 0.2) is 0 Å². The maximum atomic E-state index is 10.7. The predicted octanol–water partition coefficient (Wildman–Crippen LogP) is 2.91. The van der Waals surface area contributed by atoms with Gasteiger partial charge in [0, 0.05) is 12.3 Å². The van der Waals surface area contributed by atoms with Crippen molar-refractivity contribution in [2.24, 2.45) is 17.8 Å². The van der Waals surface area contributed by atoms with Crippen LogP contribution in [0.1, 0.15) is 44.2 Å². The van der Waals surface area contributed by atoms with Crippen LogP contribution in [0.3, 0.4) is 0 Å². The second kappa shape index (κ2) is 4.21. The molecule has 4 aliphatic carbocycles. The highest BCUT2D eigenvalue weighted by Gasteiger charge is 2.52. The van der Waals surface area contributed by atoms with E-state index in [1.54, 1.807) is 12.3 Å². The highest BCUT2D eigenvalue weighted by atomic mass is 16.4. The molecule has 0 radical (unpaired) electrons. The minimum absolute atomic E-state index is 0.163. The Hall–Kier alpha value is -1.58. The van der Waals surface area contributed by atoms with Gasteiger partial charge in [-0.25, -0.2) is 4.79 Å². The SMILES string of the molecule is O=C(O)/C=C/c1ccnn1C12CC3CC(CC(C3)C1)C2. The summed E-state index contributed by atoms with van der Waals surface area (Å²) in [6.45, 7) is 0. The number of hydrogen-bond acceptors (Lipinski definition) is 2. The zero-order chi connectivity index (χ0) is 13.7. The molecule has 4 heteroatoms. The van der Waals surface area contributed by atoms with Crippen molar-refractivity contribution in [3.63, 3.8) is 0 Å². The molecular formula is C16H20N2O2. The molecule has 1 aromatic rings. The van der Waals surface area contributed by atoms with Gasteiger partial charge < -0.3 is 5.11 Å². The number of carbonyl (C=O) groups is 1. The number of aliphatic carboxylic acids is 1. The monoisotopic (exact) mass is 272 g/mol. The molecule has 0 unspecified atom stereocenters. The third-order valence-electron chi connectivity index (χ3n) is 5.52. The lowest BCUT2D eigenvalue weighted by atomic mass is 9.53. The molecule has 0 spiro atoms. The van der Waals surface area contributed by atoms with Crippen LogP contribution in [0, 0.1) is 17.8 Å². The summed E-state index contributed by atoms with van der Waals surface area (Å²) in [5.74, 6) is 1.69. The number of carboxylic acids is 1. The maximum absolute atomic E-state index is 10.7. The van der Waals surface area contributed by atoms with E-state index in [-0.39, 0.29) is 5.54 Å². The normalized spacial score (nSPS) is 38.7. The molecule has 4 bridgehead atoms. The molecule has 0 saturated heterocycles. The molecule has 0 aliphatic heterocycles. The van der Waals surface area contributed by atoms with Crippen LogP contribution in [-0.4, -0.2) is 20.9 Å². The molecule has 1 aromatic heterocycles. The van der Waals surface area contributed by atoms with Gasteiger partial charge >= 0.3 is 5.97 Å². The zero-order valence-corrected chi connectivity index (χ0v) is 11.5. The van der Waals surface area contributed by atoms with E-state index in [0.29, 0.717) is 0 Å². The summed E-state index contributed by atoms with van der Waals surface area (Å²) in [7, 11) is 0. The van der Waals surface area contributed by atoms with Crippen molar-refractivity contribution in [1.82, 2.24) is 9.78 Å². The molecule has 1 heterocycles. The zero-order valence-electron chi connectivity index (χ0n) is 11.5. The van der Waals surface area contributed by atoms with E-state index in [1.807, 2.05) is 6.07 Å². The van der Waals surface area contributed by atoms with Gasteiger partial charge in [-0.1, -0.05) is 0 Å². The summed E-state index contributed by atoms with van der Waals surface area (Å²) in [5, 5.41) is 13.4. The van der Waals surface area contributed by atoms with Gasteiger partial charge in [-0.3, -0.25) is 4.68 Å². The number of aromatic nitrogens is 2. The molecular weight excluding hydrogens is 252 g/mol. The van der Waals surface area contributed by atoms with Crippen LogP contribution in [0.2, 0.25) is 0 Å². The molecule has 4 aliphatic rings. The first kappa shape index (κ1) is 12.2. The highest BCUT2D eigenvalue weighted by molar-refractivity contribution is 5.84. The fourth-order valence-electron chi connectivity index (χ4n) is 5.32. The molecule has 4 nitrogen and oxygen atoms in total. The van der Waals surface area contributed by atoms with Crippen LogP contribution >= 0.6 is 0 Å². The van der Waals surface area contributed by atoms with Crippen LogP contribution in [0.4, 0.5) is 0 Å². The fourth-order valence-corrected chi connectivity index (χ4v) is 5.32. The van der Waals surface area contributed by atoms with E-state index < -0.39 is 5.97 Å². The Morgan fingerprint density at radius 3 is 2.40 bits per heavy atom. The second-order valence-corrected chi connectivity index (χ2v) is 6.98. The van der Waals surface area contributed by atoms with Crippen molar-refractivity contribution < 1.29 is 9.90 Å². The van der Waals surface area contributed by atoms with Crippen LogP contribution < -0.4 is 0 Å². The van der Waals surface area contributed by atoms with Crippen molar-refractivity contribution >= 4 is 12.0 Å². The van der Waals surface area contributed by atoms with Gasteiger partial charge in [0.2, 0.25) is 0 Å². The van der Waals surface area contributed by atoms with Crippen molar-refractivity contribution in [1.29, 1.82) is 0 Å². The quantitative estimate of drug-likeness (QED) is 0.861. The summed E-state index contributed by atoms with van der Waals surface area (Å²) in [6, 6.07) is 1.93. The average Bonchev–Trinajstić information content (AvgIpc) is 2.83. The van der Waals surface area contributed by atoms with Gasteiger partial charge in [-0.15, -0.1) is 0 Å². The van der Waals surface area contributed by atoms with Crippen LogP contribution in [-0.2, 0) is 10.3 Å². The Morgan fingerprint density at radius 1 is 1.25 bits per heavy atom. The molecule has 106 valence electrons. The summed E-state index contributed by atoms with van der Waals surface area (Å²) in [5.41, 5.74) is 1.10. The van der Waals surface area contributed by atoms with Crippen LogP contribution in [0.25, 0.3) is 6.08 Å². The van der Waals surface area contributed by atoms with E-state index >= 15 is 0 Å². The molecule has 4 fully saturated rings. The average molecular weight is 272 g/mol. The first-order chi connectivity index (χ1) is 9.64. The fraction of sp³-hybridized carbons (Fsp3) is 0.625. The van der Waals surface area contributed by atoms with E-state index in [0.717, 1.165) is 23.4 Å². The summed E-state index contributed by atoms with van der Waals surface area (Å²) < 4.78 is 2.14. The highest BCUT2D eigenvalue weighted by Crippen LogP contribution is 2.58. The predicted molar refractivity (Wildman–Crippen MR) is 75.0 cm³/mol. The topological polar surface area (TPSA) is 55.1 Å².